The molecular formula is C12H15N3OS. The molecule has 0 aliphatic carbocycles. The van der Waals surface area contributed by atoms with Gasteiger partial charge in [0.1, 0.15) is 0 Å². The van der Waals surface area contributed by atoms with Crippen molar-refractivity contribution in [1.29, 1.82) is 0 Å². The van der Waals surface area contributed by atoms with Crippen molar-refractivity contribution in [1.82, 2.24) is 10.2 Å². The van der Waals surface area contributed by atoms with E-state index < -0.39 is 0 Å². The van der Waals surface area contributed by atoms with Crippen molar-refractivity contribution >= 4 is 23.1 Å². The number of H-pyrrole nitrogens is 1. The van der Waals surface area contributed by atoms with Gasteiger partial charge in [0.2, 0.25) is 0 Å². The Kier molecular flexibility index (Phi) is 3.28. The number of aromatic nitrogens is 2. The monoisotopic (exact) mass is 249 g/mol. The van der Waals surface area contributed by atoms with E-state index in [1.807, 2.05) is 32.9 Å². The molecule has 0 atom stereocenters. The summed E-state index contributed by atoms with van der Waals surface area (Å²) in [6.07, 6.45) is 0.875. The zero-order valence-electron chi connectivity index (χ0n) is 10.1. The SMILES string of the molecule is CCc1cc(NC(=O)c2cc(C)c(C)s2)n[nH]1. The minimum atomic E-state index is -0.0969. The Balaban J connectivity index is 2.11. The Bertz CT molecular complexity index is 522. The molecule has 4 nitrogen and oxygen atoms in total. The lowest BCUT2D eigenvalue weighted by molar-refractivity contribution is 0.103. The fourth-order valence-corrected chi connectivity index (χ4v) is 2.40. The van der Waals surface area contributed by atoms with E-state index >= 15 is 0 Å². The molecule has 0 aliphatic rings. The van der Waals surface area contributed by atoms with Crippen LogP contribution in [0.25, 0.3) is 0 Å². The summed E-state index contributed by atoms with van der Waals surface area (Å²) >= 11 is 1.50. The highest BCUT2D eigenvalue weighted by Crippen LogP contribution is 2.21. The number of carbonyl (C=O) groups excluding carboxylic acids is 1. The summed E-state index contributed by atoms with van der Waals surface area (Å²) in [6, 6.07) is 3.76. The highest BCUT2D eigenvalue weighted by atomic mass is 32.1. The van der Waals surface area contributed by atoms with Crippen LogP contribution >= 0.6 is 11.3 Å². The maximum atomic E-state index is 11.9. The lowest BCUT2D eigenvalue weighted by Gasteiger charge is -1.97. The first kappa shape index (κ1) is 11.9. The Morgan fingerprint density at radius 2 is 2.24 bits per heavy atom. The largest absolute Gasteiger partial charge is 0.304 e. The van der Waals surface area contributed by atoms with Gasteiger partial charge in [-0.2, -0.15) is 5.10 Å². The summed E-state index contributed by atoms with van der Waals surface area (Å²) in [6.45, 7) is 6.05. The van der Waals surface area contributed by atoms with Gasteiger partial charge in [-0.15, -0.1) is 11.3 Å². The van der Waals surface area contributed by atoms with Gasteiger partial charge in [0.05, 0.1) is 4.88 Å². The van der Waals surface area contributed by atoms with E-state index in [0.717, 1.165) is 22.6 Å². The van der Waals surface area contributed by atoms with Crippen LogP contribution in [0.1, 0.15) is 32.7 Å². The number of carbonyl (C=O) groups is 1. The number of amides is 1. The van der Waals surface area contributed by atoms with E-state index in [2.05, 4.69) is 15.5 Å². The normalized spacial score (nSPS) is 10.5. The Morgan fingerprint density at radius 1 is 1.47 bits per heavy atom. The van der Waals surface area contributed by atoms with E-state index in [0.29, 0.717) is 5.82 Å². The summed E-state index contributed by atoms with van der Waals surface area (Å²) in [4.78, 5) is 13.8. The molecule has 2 aromatic rings. The van der Waals surface area contributed by atoms with Crippen LogP contribution in [0.2, 0.25) is 0 Å². The zero-order valence-corrected chi connectivity index (χ0v) is 10.9. The maximum Gasteiger partial charge on any atom is 0.266 e. The third kappa shape index (κ3) is 2.55. The second kappa shape index (κ2) is 4.71. The number of nitrogens with zero attached hydrogens (tertiary/aromatic N) is 1. The molecule has 0 aliphatic heterocycles. The van der Waals surface area contributed by atoms with Gasteiger partial charge in [-0.1, -0.05) is 6.92 Å². The van der Waals surface area contributed by atoms with Crippen molar-refractivity contribution in [2.24, 2.45) is 0 Å². The second-order valence-corrected chi connectivity index (χ2v) is 5.19. The minimum Gasteiger partial charge on any atom is -0.304 e. The van der Waals surface area contributed by atoms with Crippen molar-refractivity contribution in [3.05, 3.63) is 33.1 Å². The van der Waals surface area contributed by atoms with Gasteiger partial charge in [-0.25, -0.2) is 0 Å². The highest BCUT2D eigenvalue weighted by molar-refractivity contribution is 7.14. The average Bonchev–Trinajstić information content (AvgIpc) is 2.87. The number of anilines is 1. The molecule has 2 aromatic heterocycles. The molecule has 2 N–H and O–H groups in total. The number of thiophene rings is 1. The topological polar surface area (TPSA) is 57.8 Å². The zero-order chi connectivity index (χ0) is 12.4. The molecular weight excluding hydrogens is 234 g/mol. The fourth-order valence-electron chi connectivity index (χ4n) is 1.47. The van der Waals surface area contributed by atoms with Crippen molar-refractivity contribution in [2.45, 2.75) is 27.2 Å². The molecule has 0 aromatic carbocycles. The molecule has 17 heavy (non-hydrogen) atoms. The van der Waals surface area contributed by atoms with E-state index in [1.165, 1.54) is 16.2 Å². The third-order valence-corrected chi connectivity index (χ3v) is 3.79. The number of aryl methyl sites for hydroxylation is 3. The molecule has 0 unspecified atom stereocenters. The first-order chi connectivity index (χ1) is 8.10. The van der Waals surface area contributed by atoms with Gasteiger partial charge >= 0.3 is 0 Å². The van der Waals surface area contributed by atoms with Crippen LogP contribution in [0.15, 0.2) is 12.1 Å². The first-order valence-electron chi connectivity index (χ1n) is 5.52. The lowest BCUT2D eigenvalue weighted by Crippen LogP contribution is -2.10. The molecule has 0 spiro atoms. The summed E-state index contributed by atoms with van der Waals surface area (Å²) in [5.41, 5.74) is 2.16. The van der Waals surface area contributed by atoms with Crippen LogP contribution in [0.5, 0.6) is 0 Å². The van der Waals surface area contributed by atoms with Gasteiger partial charge in [0, 0.05) is 16.6 Å². The summed E-state index contributed by atoms with van der Waals surface area (Å²) in [7, 11) is 0. The molecule has 2 heterocycles. The minimum absolute atomic E-state index is 0.0969. The van der Waals surface area contributed by atoms with Gasteiger partial charge in [0.15, 0.2) is 5.82 Å². The molecule has 5 heteroatoms. The van der Waals surface area contributed by atoms with E-state index in [4.69, 9.17) is 0 Å². The average molecular weight is 249 g/mol. The number of hydrogen-bond donors (Lipinski definition) is 2. The molecule has 1 amide bonds. The van der Waals surface area contributed by atoms with Crippen LogP contribution in [0.4, 0.5) is 5.82 Å². The van der Waals surface area contributed by atoms with Crippen molar-refractivity contribution < 1.29 is 4.79 Å². The second-order valence-electron chi connectivity index (χ2n) is 3.94. The van der Waals surface area contributed by atoms with Gasteiger partial charge < -0.3 is 5.32 Å². The van der Waals surface area contributed by atoms with Crippen LogP contribution < -0.4 is 5.32 Å². The first-order valence-corrected chi connectivity index (χ1v) is 6.34. The molecule has 90 valence electrons. The van der Waals surface area contributed by atoms with E-state index in [1.54, 1.807) is 0 Å². The predicted molar refractivity (Wildman–Crippen MR) is 69.7 cm³/mol. The lowest BCUT2D eigenvalue weighted by atomic mass is 10.3. The van der Waals surface area contributed by atoms with Crippen LogP contribution in [0.3, 0.4) is 0 Å². The quantitative estimate of drug-likeness (QED) is 0.878. The Morgan fingerprint density at radius 3 is 2.76 bits per heavy atom. The van der Waals surface area contributed by atoms with Gasteiger partial charge in [0.25, 0.3) is 5.91 Å². The fraction of sp³-hybridized carbons (Fsp3) is 0.333. The molecule has 0 saturated heterocycles. The van der Waals surface area contributed by atoms with E-state index in [9.17, 15) is 4.79 Å². The van der Waals surface area contributed by atoms with Crippen molar-refractivity contribution in [3.63, 3.8) is 0 Å². The number of nitrogens with one attached hydrogen (secondary N) is 2. The summed E-state index contributed by atoms with van der Waals surface area (Å²) < 4.78 is 0. The molecule has 0 saturated carbocycles. The van der Waals surface area contributed by atoms with E-state index in [-0.39, 0.29) is 5.91 Å². The smallest absolute Gasteiger partial charge is 0.266 e. The Hall–Kier alpha value is -1.62. The number of rotatable bonds is 3. The number of aromatic amines is 1. The van der Waals surface area contributed by atoms with Crippen LogP contribution in [-0.2, 0) is 6.42 Å². The van der Waals surface area contributed by atoms with Crippen molar-refractivity contribution in [2.75, 3.05) is 5.32 Å². The van der Waals surface area contributed by atoms with Crippen LogP contribution in [0, 0.1) is 13.8 Å². The van der Waals surface area contributed by atoms with Gasteiger partial charge in [-0.05, 0) is 31.9 Å². The number of hydrogen-bond acceptors (Lipinski definition) is 3. The summed E-state index contributed by atoms with van der Waals surface area (Å²) in [5, 5.41) is 9.68. The predicted octanol–water partition coefficient (Wildman–Crippen LogP) is 2.90. The third-order valence-electron chi connectivity index (χ3n) is 2.64. The molecule has 0 radical (unpaired) electrons. The molecule has 0 bridgehead atoms. The van der Waals surface area contributed by atoms with Crippen molar-refractivity contribution in [3.8, 4) is 0 Å². The summed E-state index contributed by atoms with van der Waals surface area (Å²) in [5.74, 6) is 0.482. The highest BCUT2D eigenvalue weighted by Gasteiger charge is 2.11. The van der Waals surface area contributed by atoms with Gasteiger partial charge in [-0.3, -0.25) is 9.89 Å². The molecule has 2 rings (SSSR count). The maximum absolute atomic E-state index is 11.9. The molecule has 0 fully saturated rings. The standard InChI is InChI=1S/C12H15N3OS/c1-4-9-6-11(15-14-9)13-12(16)10-5-7(2)8(3)17-10/h5-6H,4H2,1-3H3,(H2,13,14,15,16). The van der Waals surface area contributed by atoms with Crippen LogP contribution in [-0.4, -0.2) is 16.1 Å². The Labute approximate surface area is 104 Å².